The van der Waals surface area contributed by atoms with Crippen molar-refractivity contribution in [2.24, 2.45) is 0 Å². The summed E-state index contributed by atoms with van der Waals surface area (Å²) in [5.74, 6) is 0. The molecule has 0 aromatic heterocycles. The highest BCUT2D eigenvalue weighted by Crippen LogP contribution is 2.30. The summed E-state index contributed by atoms with van der Waals surface area (Å²) in [6.45, 7) is 3.77. The molecule has 1 saturated heterocycles. The van der Waals surface area contributed by atoms with E-state index in [2.05, 4.69) is 15.9 Å². The molecule has 1 aliphatic carbocycles. The van der Waals surface area contributed by atoms with Gasteiger partial charge in [-0.05, 0) is 18.9 Å². The van der Waals surface area contributed by atoms with Gasteiger partial charge >= 0.3 is 0 Å². The normalized spacial score (nSPS) is 19.6. The molecule has 1 aromatic carbocycles. The van der Waals surface area contributed by atoms with E-state index < -0.39 is 4.92 Å². The molecule has 104 valence electrons. The second-order valence-corrected chi connectivity index (χ2v) is 5.32. The summed E-state index contributed by atoms with van der Waals surface area (Å²) < 4.78 is 0. The van der Waals surface area contributed by atoms with E-state index in [1.807, 2.05) is 0 Å². The van der Waals surface area contributed by atoms with Crippen molar-refractivity contribution in [2.75, 3.05) is 31.1 Å². The van der Waals surface area contributed by atoms with Crippen LogP contribution >= 0.6 is 0 Å². The van der Waals surface area contributed by atoms with Crippen molar-refractivity contribution in [3.63, 3.8) is 0 Å². The first-order chi connectivity index (χ1) is 9.69. The molecule has 1 aliphatic heterocycles. The van der Waals surface area contributed by atoms with Crippen molar-refractivity contribution in [1.82, 2.24) is 4.90 Å². The van der Waals surface area contributed by atoms with E-state index in [-0.39, 0.29) is 5.69 Å². The highest BCUT2D eigenvalue weighted by Gasteiger charge is 2.31. The molecule has 1 saturated carbocycles. The van der Waals surface area contributed by atoms with Crippen molar-refractivity contribution >= 4 is 11.4 Å². The number of nitro groups is 1. The molecule has 20 heavy (non-hydrogen) atoms. The molecule has 0 bridgehead atoms. The Bertz CT molecular complexity index is 569. The van der Waals surface area contributed by atoms with Gasteiger partial charge in [0.1, 0.15) is 6.07 Å². The summed E-state index contributed by atoms with van der Waals surface area (Å²) in [5, 5.41) is 20.0. The van der Waals surface area contributed by atoms with Gasteiger partial charge in [0.15, 0.2) is 0 Å². The molecule has 0 spiro atoms. The van der Waals surface area contributed by atoms with Crippen LogP contribution < -0.4 is 4.90 Å². The summed E-state index contributed by atoms with van der Waals surface area (Å²) in [7, 11) is 0. The van der Waals surface area contributed by atoms with E-state index in [0.29, 0.717) is 5.56 Å². The van der Waals surface area contributed by atoms with E-state index in [0.717, 1.165) is 37.9 Å². The van der Waals surface area contributed by atoms with E-state index in [1.54, 1.807) is 6.07 Å². The average molecular weight is 272 g/mol. The van der Waals surface area contributed by atoms with Crippen LogP contribution in [0, 0.1) is 21.4 Å². The molecule has 0 atom stereocenters. The lowest BCUT2D eigenvalue weighted by Crippen LogP contribution is -2.47. The highest BCUT2D eigenvalue weighted by molar-refractivity contribution is 5.63. The van der Waals surface area contributed by atoms with Crippen molar-refractivity contribution in [2.45, 2.75) is 18.9 Å². The Morgan fingerprint density at radius 3 is 2.50 bits per heavy atom. The number of piperazine rings is 1. The van der Waals surface area contributed by atoms with Crippen molar-refractivity contribution in [3.05, 3.63) is 33.9 Å². The Kier molecular flexibility index (Phi) is 3.28. The van der Waals surface area contributed by atoms with E-state index >= 15 is 0 Å². The van der Waals surface area contributed by atoms with Crippen LogP contribution in [-0.4, -0.2) is 42.0 Å². The van der Waals surface area contributed by atoms with Gasteiger partial charge in [-0.25, -0.2) is 0 Å². The molecule has 1 aromatic rings. The van der Waals surface area contributed by atoms with Gasteiger partial charge < -0.3 is 4.90 Å². The minimum atomic E-state index is -0.463. The molecule has 2 fully saturated rings. The first-order valence-electron chi connectivity index (χ1n) is 6.86. The van der Waals surface area contributed by atoms with Crippen LogP contribution in [0.1, 0.15) is 18.4 Å². The number of rotatable bonds is 3. The Balaban J connectivity index is 1.76. The van der Waals surface area contributed by atoms with Gasteiger partial charge in [-0.15, -0.1) is 0 Å². The minimum Gasteiger partial charge on any atom is -0.368 e. The van der Waals surface area contributed by atoms with Gasteiger partial charge in [0.05, 0.1) is 16.2 Å². The molecular formula is C14H16N4O2. The van der Waals surface area contributed by atoms with Crippen LogP contribution in [0.3, 0.4) is 0 Å². The maximum absolute atomic E-state index is 10.8. The molecule has 0 amide bonds. The summed E-state index contributed by atoms with van der Waals surface area (Å²) in [4.78, 5) is 14.9. The Morgan fingerprint density at radius 1 is 1.25 bits per heavy atom. The molecule has 1 heterocycles. The lowest BCUT2D eigenvalue weighted by Gasteiger charge is -2.36. The first kappa shape index (κ1) is 12.9. The van der Waals surface area contributed by atoms with Crippen molar-refractivity contribution < 1.29 is 4.92 Å². The first-order valence-corrected chi connectivity index (χ1v) is 6.86. The van der Waals surface area contributed by atoms with Crippen LogP contribution in [0.5, 0.6) is 0 Å². The van der Waals surface area contributed by atoms with Crippen LogP contribution in [0.15, 0.2) is 18.2 Å². The predicted octanol–water partition coefficient (Wildman–Crippen LogP) is 1.75. The monoisotopic (exact) mass is 272 g/mol. The minimum absolute atomic E-state index is 0.0260. The summed E-state index contributed by atoms with van der Waals surface area (Å²) >= 11 is 0. The molecule has 0 radical (unpaired) electrons. The zero-order chi connectivity index (χ0) is 14.1. The van der Waals surface area contributed by atoms with Gasteiger partial charge in [0.2, 0.25) is 0 Å². The number of hydrogen-bond acceptors (Lipinski definition) is 5. The molecule has 2 aliphatic rings. The third kappa shape index (κ3) is 2.45. The number of nitrogens with zero attached hydrogens (tertiary/aromatic N) is 4. The number of nitriles is 1. The van der Waals surface area contributed by atoms with Crippen molar-refractivity contribution in [1.29, 1.82) is 5.26 Å². The van der Waals surface area contributed by atoms with Crippen LogP contribution in [0.4, 0.5) is 11.4 Å². The van der Waals surface area contributed by atoms with Crippen molar-refractivity contribution in [3.8, 4) is 6.07 Å². The third-order valence-corrected chi connectivity index (χ3v) is 4.03. The average Bonchev–Trinajstić information content (AvgIpc) is 3.31. The summed E-state index contributed by atoms with van der Waals surface area (Å²) in [6.07, 6.45) is 2.61. The molecule has 6 nitrogen and oxygen atoms in total. The molecule has 6 heteroatoms. The number of nitro benzene ring substituents is 1. The van der Waals surface area contributed by atoms with Gasteiger partial charge in [-0.2, -0.15) is 5.26 Å². The SMILES string of the molecule is N#Cc1cc([N+](=O)[O-])ccc1N1CCN(C2CC2)CC1. The second kappa shape index (κ2) is 5.10. The fourth-order valence-corrected chi connectivity index (χ4v) is 2.77. The van der Waals surface area contributed by atoms with Gasteiger partial charge in [0.25, 0.3) is 5.69 Å². The van der Waals surface area contributed by atoms with Gasteiger partial charge in [-0.1, -0.05) is 0 Å². The van der Waals surface area contributed by atoms with Crippen LogP contribution in [-0.2, 0) is 0 Å². The highest BCUT2D eigenvalue weighted by atomic mass is 16.6. The topological polar surface area (TPSA) is 73.4 Å². The van der Waals surface area contributed by atoms with Crippen LogP contribution in [0.25, 0.3) is 0 Å². The molecule has 0 N–H and O–H groups in total. The maximum Gasteiger partial charge on any atom is 0.270 e. The number of benzene rings is 1. The zero-order valence-corrected chi connectivity index (χ0v) is 11.2. The summed E-state index contributed by atoms with van der Waals surface area (Å²) in [5.41, 5.74) is 1.18. The Morgan fingerprint density at radius 2 is 1.95 bits per heavy atom. The number of hydrogen-bond donors (Lipinski definition) is 0. The largest absolute Gasteiger partial charge is 0.368 e. The number of anilines is 1. The third-order valence-electron chi connectivity index (χ3n) is 4.03. The maximum atomic E-state index is 10.8. The second-order valence-electron chi connectivity index (χ2n) is 5.32. The predicted molar refractivity (Wildman–Crippen MR) is 74.6 cm³/mol. The molecule has 0 unspecified atom stereocenters. The lowest BCUT2D eigenvalue weighted by atomic mass is 10.1. The summed E-state index contributed by atoms with van der Waals surface area (Å²) in [6, 6.07) is 7.38. The van der Waals surface area contributed by atoms with Gasteiger partial charge in [-0.3, -0.25) is 15.0 Å². The zero-order valence-electron chi connectivity index (χ0n) is 11.2. The van der Waals surface area contributed by atoms with E-state index in [9.17, 15) is 15.4 Å². The fraction of sp³-hybridized carbons (Fsp3) is 0.500. The number of non-ortho nitro benzene ring substituents is 1. The lowest BCUT2D eigenvalue weighted by molar-refractivity contribution is -0.384. The molecule has 3 rings (SSSR count). The smallest absolute Gasteiger partial charge is 0.270 e. The van der Waals surface area contributed by atoms with Crippen LogP contribution in [0.2, 0.25) is 0 Å². The quantitative estimate of drug-likeness (QED) is 0.619. The Hall–Kier alpha value is -2.13. The van der Waals surface area contributed by atoms with E-state index in [1.165, 1.54) is 25.0 Å². The fourth-order valence-electron chi connectivity index (χ4n) is 2.77. The standard InChI is InChI=1S/C14H16N4O2/c15-10-11-9-13(18(19)20)3-4-14(11)17-7-5-16(6-8-17)12-1-2-12/h3-4,9,12H,1-2,5-8H2. The van der Waals surface area contributed by atoms with Gasteiger partial charge in [0, 0.05) is 44.4 Å². The Labute approximate surface area is 117 Å². The van der Waals surface area contributed by atoms with E-state index in [4.69, 9.17) is 0 Å². The molecular weight excluding hydrogens is 256 g/mol.